The zero-order chi connectivity index (χ0) is 20.3. The lowest BCUT2D eigenvalue weighted by molar-refractivity contribution is 0.565. The van der Waals surface area contributed by atoms with Crippen LogP contribution in [0.25, 0.3) is 0 Å². The summed E-state index contributed by atoms with van der Waals surface area (Å²) in [5, 5.41) is 0.133. The Morgan fingerprint density at radius 3 is 2.54 bits per heavy atom. The number of benzene rings is 2. The summed E-state index contributed by atoms with van der Waals surface area (Å²) in [6.07, 6.45) is 2.98. The van der Waals surface area contributed by atoms with E-state index in [2.05, 4.69) is 16.8 Å². The summed E-state index contributed by atoms with van der Waals surface area (Å²) in [4.78, 5) is 3.64. The quantitative estimate of drug-likeness (QED) is 0.539. The Hall–Kier alpha value is -2.46. The highest BCUT2D eigenvalue weighted by molar-refractivity contribution is 7.90. The van der Waals surface area contributed by atoms with Gasteiger partial charge in [0.1, 0.15) is 11.6 Å². The van der Waals surface area contributed by atoms with Gasteiger partial charge in [-0.05, 0) is 36.4 Å². The van der Waals surface area contributed by atoms with E-state index in [1.54, 1.807) is 18.3 Å². The van der Waals surface area contributed by atoms with Crippen LogP contribution in [-0.4, -0.2) is 13.4 Å². The molecule has 0 unspecified atom stereocenters. The van der Waals surface area contributed by atoms with E-state index in [0.29, 0.717) is 5.56 Å². The summed E-state index contributed by atoms with van der Waals surface area (Å²) >= 11 is 11.8. The molecule has 142 valence electrons. The minimum atomic E-state index is -4.02. The van der Waals surface area contributed by atoms with Crippen molar-refractivity contribution in [2.75, 3.05) is 0 Å². The first-order chi connectivity index (χ1) is 13.3. The summed E-state index contributed by atoms with van der Waals surface area (Å²) in [6.45, 7) is 0. The molecule has 1 aromatic heterocycles. The van der Waals surface area contributed by atoms with E-state index in [1.165, 1.54) is 24.4 Å². The van der Waals surface area contributed by atoms with Crippen LogP contribution in [0.15, 0.2) is 59.8 Å². The largest absolute Gasteiger partial charge is 0.263 e. The Bertz CT molecular complexity index is 1200. The van der Waals surface area contributed by atoms with Crippen LogP contribution in [0.3, 0.4) is 0 Å². The number of rotatable bonds is 3. The number of pyridine rings is 1. The van der Waals surface area contributed by atoms with Crippen LogP contribution in [0.5, 0.6) is 0 Å². The molecule has 3 nitrogen and oxygen atoms in total. The summed E-state index contributed by atoms with van der Waals surface area (Å²) in [6, 6.07) is 9.26. The van der Waals surface area contributed by atoms with Crippen molar-refractivity contribution in [1.29, 1.82) is 0 Å². The monoisotopic (exact) mass is 437 g/mol. The van der Waals surface area contributed by atoms with Gasteiger partial charge in [-0.25, -0.2) is 17.2 Å². The van der Waals surface area contributed by atoms with Crippen molar-refractivity contribution >= 4 is 33.0 Å². The van der Waals surface area contributed by atoms with Crippen LogP contribution in [0.4, 0.5) is 8.78 Å². The fraction of sp³-hybridized carbons (Fsp3) is 0.0500. The molecular weight excluding hydrogens is 427 g/mol. The van der Waals surface area contributed by atoms with Gasteiger partial charge >= 0.3 is 0 Å². The Kier molecular flexibility index (Phi) is 5.99. The first-order valence-electron chi connectivity index (χ1n) is 7.84. The van der Waals surface area contributed by atoms with Crippen LogP contribution in [-0.2, 0) is 15.6 Å². The molecule has 0 radical (unpaired) electrons. The van der Waals surface area contributed by atoms with Crippen molar-refractivity contribution in [3.05, 3.63) is 93.2 Å². The average Bonchev–Trinajstić information content (AvgIpc) is 2.66. The third-order valence-corrected chi connectivity index (χ3v) is 6.11. The lowest BCUT2D eigenvalue weighted by Gasteiger charge is -2.09. The van der Waals surface area contributed by atoms with E-state index in [-0.39, 0.29) is 20.5 Å². The average molecular weight is 438 g/mol. The Morgan fingerprint density at radius 1 is 1.04 bits per heavy atom. The molecule has 0 spiro atoms. The van der Waals surface area contributed by atoms with E-state index in [1.807, 2.05) is 0 Å². The van der Waals surface area contributed by atoms with Gasteiger partial charge in [-0.3, -0.25) is 4.98 Å². The van der Waals surface area contributed by atoms with Crippen molar-refractivity contribution in [3.63, 3.8) is 0 Å². The first-order valence-corrected chi connectivity index (χ1v) is 10.3. The summed E-state index contributed by atoms with van der Waals surface area (Å²) < 4.78 is 54.1. The van der Waals surface area contributed by atoms with E-state index < -0.39 is 32.8 Å². The zero-order valence-electron chi connectivity index (χ0n) is 14.1. The number of halogens is 4. The molecule has 0 amide bonds. The highest BCUT2D eigenvalue weighted by Gasteiger charge is 2.23. The summed E-state index contributed by atoms with van der Waals surface area (Å²) in [5.41, 5.74) is -0.285. The van der Waals surface area contributed by atoms with Crippen LogP contribution in [0, 0.1) is 23.5 Å². The Balaban J connectivity index is 2.00. The van der Waals surface area contributed by atoms with E-state index >= 15 is 0 Å². The standard InChI is InChI=1S/C20H11Cl2F2NO2S/c21-15-5-7-17(22)19(10-15)28(26,27)12-14-4-8-18(23)16(20(14)24)6-3-13-2-1-9-25-11-13/h1-2,4-5,7-11H,12H2. The van der Waals surface area contributed by atoms with Crippen molar-refractivity contribution in [3.8, 4) is 11.8 Å². The maximum absolute atomic E-state index is 14.8. The second-order valence-electron chi connectivity index (χ2n) is 5.72. The smallest absolute Gasteiger partial charge is 0.184 e. The molecular formula is C20H11Cl2F2NO2S. The van der Waals surface area contributed by atoms with Gasteiger partial charge in [0.05, 0.1) is 21.2 Å². The van der Waals surface area contributed by atoms with E-state index in [4.69, 9.17) is 23.2 Å². The topological polar surface area (TPSA) is 47.0 Å². The fourth-order valence-corrected chi connectivity index (χ4v) is 4.56. The molecule has 8 heteroatoms. The van der Waals surface area contributed by atoms with Gasteiger partial charge in [-0.2, -0.15) is 0 Å². The summed E-state index contributed by atoms with van der Waals surface area (Å²) in [5.74, 6) is 2.34. The zero-order valence-corrected chi connectivity index (χ0v) is 16.4. The molecule has 0 bridgehead atoms. The number of hydrogen-bond donors (Lipinski definition) is 0. The molecule has 0 saturated heterocycles. The van der Waals surface area contributed by atoms with Crippen molar-refractivity contribution in [2.24, 2.45) is 0 Å². The molecule has 28 heavy (non-hydrogen) atoms. The maximum atomic E-state index is 14.8. The molecule has 0 aliphatic heterocycles. The predicted molar refractivity (Wildman–Crippen MR) is 104 cm³/mol. The molecule has 0 atom stereocenters. The highest BCUT2D eigenvalue weighted by Crippen LogP contribution is 2.29. The first kappa shape index (κ1) is 20.3. The van der Waals surface area contributed by atoms with Crippen molar-refractivity contribution < 1.29 is 17.2 Å². The minimum absolute atomic E-state index is 0.0384. The van der Waals surface area contributed by atoms with Gasteiger partial charge in [-0.1, -0.05) is 41.1 Å². The van der Waals surface area contributed by atoms with Crippen LogP contribution >= 0.6 is 23.2 Å². The van der Waals surface area contributed by atoms with Crippen LogP contribution in [0.1, 0.15) is 16.7 Å². The third kappa shape index (κ3) is 4.50. The molecule has 2 aromatic carbocycles. The Labute approximate surface area is 170 Å². The minimum Gasteiger partial charge on any atom is -0.263 e. The van der Waals surface area contributed by atoms with Crippen LogP contribution < -0.4 is 0 Å². The van der Waals surface area contributed by atoms with Crippen LogP contribution in [0.2, 0.25) is 10.0 Å². The summed E-state index contributed by atoms with van der Waals surface area (Å²) in [7, 11) is -4.02. The van der Waals surface area contributed by atoms with E-state index in [0.717, 1.165) is 12.1 Å². The van der Waals surface area contributed by atoms with Gasteiger partial charge in [0, 0.05) is 28.5 Å². The molecule has 0 saturated carbocycles. The maximum Gasteiger partial charge on any atom is 0.184 e. The van der Waals surface area contributed by atoms with E-state index in [9.17, 15) is 17.2 Å². The fourth-order valence-electron chi connectivity index (χ4n) is 2.39. The lowest BCUT2D eigenvalue weighted by atomic mass is 10.1. The van der Waals surface area contributed by atoms with Crippen molar-refractivity contribution in [2.45, 2.75) is 10.6 Å². The molecule has 0 fully saturated rings. The SMILES string of the molecule is O=S(=O)(Cc1ccc(F)c(C#Cc2cccnc2)c1F)c1cc(Cl)ccc1Cl. The molecule has 3 aromatic rings. The van der Waals surface area contributed by atoms with Gasteiger partial charge in [0.25, 0.3) is 0 Å². The van der Waals surface area contributed by atoms with Gasteiger partial charge < -0.3 is 0 Å². The molecule has 1 heterocycles. The second kappa shape index (κ2) is 8.27. The molecule has 0 N–H and O–H groups in total. The lowest BCUT2D eigenvalue weighted by Crippen LogP contribution is -2.09. The van der Waals surface area contributed by atoms with Crippen molar-refractivity contribution in [1.82, 2.24) is 4.98 Å². The normalized spacial score (nSPS) is 11.0. The number of hydrogen-bond acceptors (Lipinski definition) is 3. The van der Waals surface area contributed by atoms with Gasteiger partial charge in [-0.15, -0.1) is 0 Å². The Morgan fingerprint density at radius 2 is 1.82 bits per heavy atom. The van der Waals surface area contributed by atoms with Gasteiger partial charge in [0.2, 0.25) is 0 Å². The number of aromatic nitrogens is 1. The highest BCUT2D eigenvalue weighted by atomic mass is 35.5. The second-order valence-corrected chi connectivity index (χ2v) is 8.52. The molecule has 0 aliphatic rings. The number of sulfone groups is 1. The molecule has 3 rings (SSSR count). The predicted octanol–water partition coefficient (Wildman–Crippen LogP) is 5.04. The number of nitrogens with zero attached hydrogens (tertiary/aromatic N) is 1. The molecule has 0 aliphatic carbocycles. The van der Waals surface area contributed by atoms with Gasteiger partial charge in [0.15, 0.2) is 9.84 Å². The third-order valence-electron chi connectivity index (χ3n) is 3.74.